The Bertz CT molecular complexity index is 3130. The monoisotopic (exact) mass is 1020 g/mol. The third-order valence-electron chi connectivity index (χ3n) is 14.3. The minimum Gasteiger partial charge on any atom is -0.507 e. The SMILES string of the molecule is Cc1ccnc2c1C(C)(C)C(C)(C)c1c-2[c-]c(-c2cccc3c2nc(-c2cc(C(C)(C)C)cc(C(C)(C)C)c2O)n3-c2ccc(C(C)(C)C)cc2-c2ccccc2)c2ccccc12.[Pt]. The zero-order valence-corrected chi connectivity index (χ0v) is 42.3. The molecule has 0 fully saturated rings. The molecule has 5 heteroatoms. The van der Waals surface area contributed by atoms with Crippen LogP contribution in [0.25, 0.3) is 72.4 Å². The zero-order valence-electron chi connectivity index (χ0n) is 40.1. The number of pyridine rings is 1. The maximum atomic E-state index is 12.6. The van der Waals surface area contributed by atoms with E-state index in [2.05, 4.69) is 217 Å². The van der Waals surface area contributed by atoms with Crippen LogP contribution in [0.1, 0.15) is 123 Å². The number of phenolic OH excluding ortho intramolecular Hbond substituents is 1. The van der Waals surface area contributed by atoms with Crippen molar-refractivity contribution in [3.05, 3.63) is 155 Å². The number of aryl methyl sites for hydroxylation is 1. The maximum absolute atomic E-state index is 12.6. The van der Waals surface area contributed by atoms with E-state index in [1.54, 1.807) is 0 Å². The molecule has 9 rings (SSSR count). The normalized spacial score (nSPS) is 14.6. The predicted molar refractivity (Wildman–Crippen MR) is 266 cm³/mol. The fraction of sp³-hybridized carbons (Fsp3) is 0.322. The Morgan fingerprint density at radius 1 is 0.594 bits per heavy atom. The smallest absolute Gasteiger partial charge is 0.148 e. The first-order chi connectivity index (χ1) is 29.5. The number of phenols is 1. The molecule has 0 radical (unpaired) electrons. The Morgan fingerprint density at radius 2 is 1.22 bits per heavy atom. The number of aromatic nitrogens is 3. The van der Waals surface area contributed by atoms with Crippen LogP contribution in [0.4, 0.5) is 0 Å². The van der Waals surface area contributed by atoms with Gasteiger partial charge in [-0.15, -0.1) is 11.6 Å². The number of nitrogens with zero attached hydrogens (tertiary/aromatic N) is 3. The Labute approximate surface area is 395 Å². The molecule has 0 amide bonds. The fourth-order valence-electron chi connectivity index (χ4n) is 10.1. The summed E-state index contributed by atoms with van der Waals surface area (Å²) < 4.78 is 2.30. The van der Waals surface area contributed by atoms with Gasteiger partial charge in [0, 0.05) is 44.1 Å². The number of imidazole rings is 1. The van der Waals surface area contributed by atoms with Crippen molar-refractivity contribution in [2.45, 2.75) is 124 Å². The van der Waals surface area contributed by atoms with Gasteiger partial charge in [0.1, 0.15) is 11.6 Å². The van der Waals surface area contributed by atoms with Crippen molar-refractivity contribution in [2.24, 2.45) is 0 Å². The van der Waals surface area contributed by atoms with Crippen LogP contribution in [0.15, 0.2) is 115 Å². The van der Waals surface area contributed by atoms with E-state index in [1.807, 2.05) is 6.20 Å². The first kappa shape index (κ1) is 45.3. The van der Waals surface area contributed by atoms with Crippen LogP contribution in [-0.2, 0) is 48.1 Å². The van der Waals surface area contributed by atoms with Gasteiger partial charge in [0.05, 0.1) is 22.3 Å². The van der Waals surface area contributed by atoms with Crippen LogP contribution < -0.4 is 0 Å². The van der Waals surface area contributed by atoms with Gasteiger partial charge in [-0.3, -0.25) is 9.55 Å². The van der Waals surface area contributed by atoms with E-state index < -0.39 is 0 Å². The first-order valence-electron chi connectivity index (χ1n) is 22.6. The Morgan fingerprint density at radius 3 is 1.88 bits per heavy atom. The molecule has 6 aromatic carbocycles. The van der Waals surface area contributed by atoms with Crippen LogP contribution in [0.5, 0.6) is 5.75 Å². The van der Waals surface area contributed by atoms with E-state index in [-0.39, 0.29) is 53.9 Å². The Hall–Kier alpha value is -5.31. The van der Waals surface area contributed by atoms with Gasteiger partial charge in [-0.25, -0.2) is 4.98 Å². The molecule has 64 heavy (non-hydrogen) atoms. The standard InChI is InChI=1S/C59H62N3O.Pt/c1-35-29-30-60-52-44-34-43(39-23-18-19-24-40(39)50(44)59(13,14)58(11,12)49(35)52)41-25-20-26-48-51(41)61-54(45-32-38(56(5,6)7)33-46(53(45)63)57(8,9)10)62(48)47-28-27-37(55(2,3)4)31-42(47)36-21-16-15-17-22-36;/h15-33,63H,1-14H3;/q-1;. The quantitative estimate of drug-likeness (QED) is 0.179. The average molecular weight is 1020 g/mol. The number of para-hydroxylation sites is 1. The second-order valence-electron chi connectivity index (χ2n) is 22.1. The third-order valence-corrected chi connectivity index (χ3v) is 14.3. The van der Waals surface area contributed by atoms with E-state index in [4.69, 9.17) is 9.97 Å². The van der Waals surface area contributed by atoms with Crippen LogP contribution in [0.3, 0.4) is 0 Å². The largest absolute Gasteiger partial charge is 0.507 e. The molecule has 330 valence electrons. The van der Waals surface area contributed by atoms with E-state index in [0.717, 1.165) is 66.7 Å². The van der Waals surface area contributed by atoms with Crippen LogP contribution in [-0.4, -0.2) is 19.6 Å². The van der Waals surface area contributed by atoms with E-state index in [1.165, 1.54) is 27.6 Å². The summed E-state index contributed by atoms with van der Waals surface area (Å²) in [5, 5.41) is 14.9. The molecular formula is C59H62N3OPt-. The summed E-state index contributed by atoms with van der Waals surface area (Å²) in [5.41, 5.74) is 15.9. The summed E-state index contributed by atoms with van der Waals surface area (Å²) in [6.07, 6.45) is 1.95. The van der Waals surface area contributed by atoms with E-state index in [9.17, 15) is 5.11 Å². The van der Waals surface area contributed by atoms with Crippen molar-refractivity contribution in [1.29, 1.82) is 0 Å². The van der Waals surface area contributed by atoms with Crippen molar-refractivity contribution in [1.82, 2.24) is 14.5 Å². The summed E-state index contributed by atoms with van der Waals surface area (Å²) in [6, 6.07) is 43.5. The van der Waals surface area contributed by atoms with Crippen molar-refractivity contribution in [3.8, 4) is 56.3 Å². The topological polar surface area (TPSA) is 50.9 Å². The van der Waals surface area contributed by atoms with Gasteiger partial charge in [-0.1, -0.05) is 202 Å². The minimum atomic E-state index is -0.326. The van der Waals surface area contributed by atoms with Crippen molar-refractivity contribution in [2.75, 3.05) is 0 Å². The van der Waals surface area contributed by atoms with Gasteiger partial charge >= 0.3 is 0 Å². The van der Waals surface area contributed by atoms with Gasteiger partial charge in [-0.2, -0.15) is 0 Å². The summed E-state index contributed by atoms with van der Waals surface area (Å²) >= 11 is 0. The molecule has 1 aliphatic rings. The average Bonchev–Trinajstić information content (AvgIpc) is 3.61. The Balaban J connectivity index is 0.00000560. The molecule has 2 heterocycles. The maximum Gasteiger partial charge on any atom is 0.148 e. The van der Waals surface area contributed by atoms with Gasteiger partial charge in [-0.05, 0) is 86.6 Å². The van der Waals surface area contributed by atoms with E-state index in [0.29, 0.717) is 11.4 Å². The van der Waals surface area contributed by atoms with Crippen molar-refractivity contribution in [3.63, 3.8) is 0 Å². The summed E-state index contributed by atoms with van der Waals surface area (Å²) in [6.45, 7) is 31.8. The molecule has 0 spiro atoms. The number of fused-ring (bicyclic) bond motifs is 6. The fourth-order valence-corrected chi connectivity index (χ4v) is 10.1. The molecule has 2 aromatic heterocycles. The van der Waals surface area contributed by atoms with Gasteiger partial charge in [0.25, 0.3) is 0 Å². The number of aromatic hydroxyl groups is 1. The van der Waals surface area contributed by atoms with Crippen LogP contribution in [0.2, 0.25) is 0 Å². The van der Waals surface area contributed by atoms with Gasteiger partial charge < -0.3 is 5.11 Å². The second-order valence-corrected chi connectivity index (χ2v) is 22.1. The number of rotatable bonds is 4. The van der Waals surface area contributed by atoms with Crippen LogP contribution >= 0.6 is 0 Å². The molecule has 4 nitrogen and oxygen atoms in total. The first-order valence-corrected chi connectivity index (χ1v) is 22.6. The summed E-state index contributed by atoms with van der Waals surface area (Å²) in [4.78, 5) is 10.9. The molecule has 0 atom stereocenters. The van der Waals surface area contributed by atoms with E-state index >= 15 is 0 Å². The summed E-state index contributed by atoms with van der Waals surface area (Å²) in [7, 11) is 0. The predicted octanol–water partition coefficient (Wildman–Crippen LogP) is 15.5. The molecule has 0 aliphatic heterocycles. The number of hydrogen-bond acceptors (Lipinski definition) is 3. The molecule has 1 aliphatic carbocycles. The Kier molecular flexibility index (Phi) is 10.9. The zero-order chi connectivity index (χ0) is 45.2. The van der Waals surface area contributed by atoms with Crippen LogP contribution in [0, 0.1) is 13.0 Å². The number of benzene rings is 6. The summed E-state index contributed by atoms with van der Waals surface area (Å²) in [5.74, 6) is 0.954. The minimum absolute atomic E-state index is 0. The molecule has 0 saturated carbocycles. The van der Waals surface area contributed by atoms with Gasteiger partial charge in [0.2, 0.25) is 0 Å². The van der Waals surface area contributed by atoms with Crippen molar-refractivity contribution < 1.29 is 26.2 Å². The molecule has 8 aromatic rings. The molecule has 1 N–H and O–H groups in total. The third kappa shape index (κ3) is 7.07. The molecular weight excluding hydrogens is 962 g/mol. The number of hydrogen-bond donors (Lipinski definition) is 1. The molecule has 0 bridgehead atoms. The van der Waals surface area contributed by atoms with Crippen molar-refractivity contribution >= 4 is 21.8 Å². The molecule has 0 saturated heterocycles. The van der Waals surface area contributed by atoms with Gasteiger partial charge in [0.15, 0.2) is 0 Å². The second kappa shape index (κ2) is 15.4. The molecule has 0 unspecified atom stereocenters.